The number of aliphatic hydroxyl groups excluding tert-OH is 2. The Morgan fingerprint density at radius 2 is 0.653 bits per heavy atom. The smallest absolute Gasteiger partial charge is 0.305 e. The van der Waals surface area contributed by atoms with Crippen LogP contribution < -0.4 is 5.32 Å². The minimum atomic E-state index is -0.841. The topological polar surface area (TPSA) is 95.9 Å². The molecular formula is C66H127NO5. The molecule has 0 aromatic rings. The molecule has 0 fully saturated rings. The normalized spacial score (nSPS) is 12.7. The Hall–Kier alpha value is -1.66. The number of hydrogen-bond acceptors (Lipinski definition) is 5. The Morgan fingerprint density at radius 3 is 0.986 bits per heavy atom. The highest BCUT2D eigenvalue weighted by atomic mass is 16.5. The Balaban J connectivity index is 3.34. The van der Waals surface area contributed by atoms with Gasteiger partial charge in [-0.15, -0.1) is 0 Å². The summed E-state index contributed by atoms with van der Waals surface area (Å²) in [6, 6.07) is -0.624. The van der Waals surface area contributed by atoms with Gasteiger partial charge >= 0.3 is 5.97 Å². The van der Waals surface area contributed by atoms with Crippen molar-refractivity contribution in [3.63, 3.8) is 0 Å². The summed E-state index contributed by atoms with van der Waals surface area (Å²) in [7, 11) is 0. The summed E-state index contributed by atoms with van der Waals surface area (Å²) in [4.78, 5) is 24.5. The van der Waals surface area contributed by atoms with Crippen molar-refractivity contribution in [1.82, 2.24) is 5.32 Å². The second kappa shape index (κ2) is 61.9. The van der Waals surface area contributed by atoms with Crippen LogP contribution in [0.3, 0.4) is 0 Å². The van der Waals surface area contributed by atoms with Gasteiger partial charge < -0.3 is 20.3 Å². The molecule has 3 N–H and O–H groups in total. The van der Waals surface area contributed by atoms with Crippen LogP contribution in [0.1, 0.15) is 361 Å². The standard InChI is InChI=1S/C66H127NO5/c1-3-5-7-9-11-13-15-17-36-40-44-48-52-56-60-66(71)72-61-57-53-49-45-41-37-33-31-29-27-25-23-21-19-18-20-22-24-26-28-30-32-35-39-43-47-51-55-59-65(70)67-63(62-68)64(69)58-54-50-46-42-38-34-16-14-12-10-8-6-4-2/h15,17,54,58,63-64,68-69H,3-14,16,18-53,55-57,59-62H2,1-2H3,(H,67,70)/b17-15-,58-54+. The molecule has 0 saturated carbocycles. The molecule has 2 atom stereocenters. The van der Waals surface area contributed by atoms with Crippen molar-refractivity contribution in [3.8, 4) is 0 Å². The van der Waals surface area contributed by atoms with Gasteiger partial charge in [0.15, 0.2) is 0 Å². The van der Waals surface area contributed by atoms with E-state index in [0.717, 1.165) is 44.9 Å². The summed E-state index contributed by atoms with van der Waals surface area (Å²) >= 11 is 0. The maximum Gasteiger partial charge on any atom is 0.305 e. The lowest BCUT2D eigenvalue weighted by Crippen LogP contribution is -2.45. The van der Waals surface area contributed by atoms with Crippen LogP contribution in [0.4, 0.5) is 0 Å². The zero-order valence-corrected chi connectivity index (χ0v) is 48.7. The number of unbranched alkanes of at least 4 members (excludes halogenated alkanes) is 48. The van der Waals surface area contributed by atoms with E-state index >= 15 is 0 Å². The predicted molar refractivity (Wildman–Crippen MR) is 315 cm³/mol. The third-order valence-corrected chi connectivity index (χ3v) is 15.2. The van der Waals surface area contributed by atoms with Gasteiger partial charge in [0.2, 0.25) is 5.91 Å². The highest BCUT2D eigenvalue weighted by Crippen LogP contribution is 2.18. The van der Waals surface area contributed by atoms with Gasteiger partial charge in [-0.25, -0.2) is 0 Å². The van der Waals surface area contributed by atoms with E-state index in [2.05, 4.69) is 31.3 Å². The highest BCUT2D eigenvalue weighted by Gasteiger charge is 2.18. The van der Waals surface area contributed by atoms with Gasteiger partial charge in [0.05, 0.1) is 25.4 Å². The van der Waals surface area contributed by atoms with E-state index in [9.17, 15) is 19.8 Å². The number of esters is 1. The van der Waals surface area contributed by atoms with Crippen molar-refractivity contribution in [3.05, 3.63) is 24.3 Å². The first-order valence-electron chi connectivity index (χ1n) is 32.6. The van der Waals surface area contributed by atoms with Crippen LogP contribution in [-0.2, 0) is 14.3 Å². The second-order valence-corrected chi connectivity index (χ2v) is 22.5. The molecule has 0 aliphatic rings. The van der Waals surface area contributed by atoms with Crippen molar-refractivity contribution in [1.29, 1.82) is 0 Å². The van der Waals surface area contributed by atoms with E-state index in [1.807, 2.05) is 6.08 Å². The summed E-state index contributed by atoms with van der Waals surface area (Å²) in [6.45, 7) is 4.91. The maximum absolute atomic E-state index is 12.5. The maximum atomic E-state index is 12.5. The van der Waals surface area contributed by atoms with Crippen molar-refractivity contribution >= 4 is 11.9 Å². The van der Waals surface area contributed by atoms with Gasteiger partial charge in [-0.05, 0) is 57.8 Å². The second-order valence-electron chi connectivity index (χ2n) is 22.5. The number of amides is 1. The van der Waals surface area contributed by atoms with Gasteiger partial charge in [0.25, 0.3) is 0 Å². The molecule has 0 aliphatic heterocycles. The molecule has 0 rings (SSSR count). The van der Waals surface area contributed by atoms with Gasteiger partial charge in [0, 0.05) is 12.8 Å². The summed E-state index contributed by atoms with van der Waals surface area (Å²) in [5, 5.41) is 23.1. The first-order valence-corrected chi connectivity index (χ1v) is 32.6. The summed E-state index contributed by atoms with van der Waals surface area (Å²) < 4.78 is 5.48. The molecule has 0 spiro atoms. The molecule has 0 aromatic carbocycles. The monoisotopic (exact) mass is 1010 g/mol. The van der Waals surface area contributed by atoms with Crippen LogP contribution >= 0.6 is 0 Å². The van der Waals surface area contributed by atoms with Gasteiger partial charge in [-0.3, -0.25) is 9.59 Å². The Labute approximate surface area is 450 Å². The van der Waals surface area contributed by atoms with Crippen LogP contribution in [0.25, 0.3) is 0 Å². The molecule has 0 bridgehead atoms. The quantitative estimate of drug-likeness (QED) is 0.0320. The number of aliphatic hydroxyl groups is 2. The fourth-order valence-electron chi connectivity index (χ4n) is 10.2. The molecular weight excluding hydrogens is 887 g/mol. The third-order valence-electron chi connectivity index (χ3n) is 15.2. The van der Waals surface area contributed by atoms with Crippen molar-refractivity contribution in [2.45, 2.75) is 373 Å². The van der Waals surface area contributed by atoms with Crippen LogP contribution in [-0.4, -0.2) is 47.4 Å². The first kappa shape index (κ1) is 70.3. The molecule has 72 heavy (non-hydrogen) atoms. The molecule has 0 radical (unpaired) electrons. The van der Waals surface area contributed by atoms with Crippen molar-refractivity contribution < 1.29 is 24.5 Å². The van der Waals surface area contributed by atoms with E-state index in [1.54, 1.807) is 6.08 Å². The lowest BCUT2D eigenvalue weighted by atomic mass is 10.0. The largest absolute Gasteiger partial charge is 0.466 e. The average Bonchev–Trinajstić information content (AvgIpc) is 3.38. The fraction of sp³-hybridized carbons (Fsp3) is 0.909. The number of nitrogens with one attached hydrogen (secondary N) is 1. The molecule has 6 nitrogen and oxygen atoms in total. The van der Waals surface area contributed by atoms with E-state index in [-0.39, 0.29) is 18.5 Å². The Kier molecular flexibility index (Phi) is 60.5. The lowest BCUT2D eigenvalue weighted by Gasteiger charge is -2.20. The minimum absolute atomic E-state index is 0.0102. The molecule has 426 valence electrons. The van der Waals surface area contributed by atoms with E-state index in [0.29, 0.717) is 19.4 Å². The fourth-order valence-corrected chi connectivity index (χ4v) is 10.2. The van der Waals surface area contributed by atoms with Crippen LogP contribution in [0.5, 0.6) is 0 Å². The molecule has 6 heteroatoms. The van der Waals surface area contributed by atoms with Crippen LogP contribution in [0, 0.1) is 0 Å². The van der Waals surface area contributed by atoms with E-state index in [1.165, 1.54) is 289 Å². The zero-order valence-electron chi connectivity index (χ0n) is 48.7. The van der Waals surface area contributed by atoms with Crippen molar-refractivity contribution in [2.75, 3.05) is 13.2 Å². The Morgan fingerprint density at radius 1 is 0.375 bits per heavy atom. The molecule has 0 aliphatic carbocycles. The van der Waals surface area contributed by atoms with E-state index < -0.39 is 12.1 Å². The first-order chi connectivity index (χ1) is 35.5. The van der Waals surface area contributed by atoms with Crippen LogP contribution in [0.15, 0.2) is 24.3 Å². The number of allylic oxidation sites excluding steroid dienone is 3. The summed E-state index contributed by atoms with van der Waals surface area (Å²) in [6.07, 6.45) is 76.7. The van der Waals surface area contributed by atoms with E-state index in [4.69, 9.17) is 4.74 Å². The van der Waals surface area contributed by atoms with Crippen molar-refractivity contribution in [2.24, 2.45) is 0 Å². The molecule has 0 heterocycles. The third kappa shape index (κ3) is 57.6. The molecule has 0 saturated heterocycles. The zero-order chi connectivity index (χ0) is 52.2. The number of hydrogen-bond donors (Lipinski definition) is 3. The molecule has 2 unspecified atom stereocenters. The number of ether oxygens (including phenoxy) is 1. The number of rotatable bonds is 61. The van der Waals surface area contributed by atoms with Gasteiger partial charge in [-0.1, -0.05) is 314 Å². The summed E-state index contributed by atoms with van der Waals surface area (Å²) in [5.41, 5.74) is 0. The molecule has 1 amide bonds. The highest BCUT2D eigenvalue weighted by molar-refractivity contribution is 5.76. The molecule has 0 aromatic heterocycles. The average molecular weight is 1010 g/mol. The minimum Gasteiger partial charge on any atom is -0.466 e. The lowest BCUT2D eigenvalue weighted by molar-refractivity contribution is -0.143. The predicted octanol–water partition coefficient (Wildman–Crippen LogP) is 20.6. The van der Waals surface area contributed by atoms with Gasteiger partial charge in [-0.2, -0.15) is 0 Å². The van der Waals surface area contributed by atoms with Crippen LogP contribution in [0.2, 0.25) is 0 Å². The number of carbonyl (C=O) groups excluding carboxylic acids is 2. The summed E-state index contributed by atoms with van der Waals surface area (Å²) in [5.74, 6) is -0.0535. The van der Waals surface area contributed by atoms with Gasteiger partial charge in [0.1, 0.15) is 0 Å². The number of carbonyl (C=O) groups is 2. The Bertz CT molecular complexity index is 1120. The SMILES string of the molecule is CCCCCCC/C=C\CCCCCCCC(=O)OCCCCCCCCCCCCCCCCCCCCCCCCCCCCCCC(=O)NC(CO)C(O)/C=C/CCCCCCCCCCCCC.